The van der Waals surface area contributed by atoms with Gasteiger partial charge in [0.1, 0.15) is 5.82 Å². The van der Waals surface area contributed by atoms with Gasteiger partial charge in [0.2, 0.25) is 0 Å². The molecule has 0 atom stereocenters. The van der Waals surface area contributed by atoms with Gasteiger partial charge in [-0.1, -0.05) is 36.4 Å². The molecule has 1 saturated heterocycles. The highest BCUT2D eigenvalue weighted by Crippen LogP contribution is 2.31. The highest BCUT2D eigenvalue weighted by molar-refractivity contribution is 6.04. The fourth-order valence-corrected chi connectivity index (χ4v) is 6.00. The lowest BCUT2D eigenvalue weighted by Crippen LogP contribution is -2.43. The van der Waals surface area contributed by atoms with E-state index in [1.54, 1.807) is 6.07 Å². The molecule has 1 N–H and O–H groups in total. The molecule has 3 aromatic carbocycles. The van der Waals surface area contributed by atoms with Crippen LogP contribution in [0.15, 0.2) is 72.9 Å². The second-order valence-corrected chi connectivity index (χ2v) is 12.0. The number of piperazine rings is 1. The topological polar surface area (TPSA) is 64.6 Å². The maximum atomic E-state index is 13.1. The summed E-state index contributed by atoms with van der Waals surface area (Å²) in [7, 11) is 2.17. The minimum Gasteiger partial charge on any atom is -0.366 e. The Bertz CT molecular complexity index is 1680. The molecule has 0 unspecified atom stereocenters. The SMILES string of the molecule is Cc1ccc(NC(=O)c2cccc(C(F)(F)F)c2)cc1N1CCc2nc(Cc3cccc(CN4CCN(C)CC4)c3)ncc2C1. The molecule has 45 heavy (non-hydrogen) atoms. The number of anilines is 2. The van der Waals surface area contributed by atoms with Crippen molar-refractivity contribution in [3.8, 4) is 0 Å². The third-order valence-corrected chi connectivity index (χ3v) is 8.60. The lowest BCUT2D eigenvalue weighted by atomic mass is 10.0. The zero-order valence-electron chi connectivity index (χ0n) is 25.6. The first kappa shape index (κ1) is 30.7. The summed E-state index contributed by atoms with van der Waals surface area (Å²) < 4.78 is 39.4. The molecular formula is C35H37F3N6O. The van der Waals surface area contributed by atoms with Crippen LogP contribution in [0, 0.1) is 6.92 Å². The molecule has 7 nitrogen and oxygen atoms in total. The van der Waals surface area contributed by atoms with Gasteiger partial charge in [0.25, 0.3) is 5.91 Å². The van der Waals surface area contributed by atoms with Crippen LogP contribution in [0.4, 0.5) is 24.5 Å². The van der Waals surface area contributed by atoms with Crippen LogP contribution in [0.5, 0.6) is 0 Å². The smallest absolute Gasteiger partial charge is 0.366 e. The molecule has 0 aliphatic carbocycles. The van der Waals surface area contributed by atoms with Gasteiger partial charge in [-0.2, -0.15) is 13.2 Å². The molecule has 0 bridgehead atoms. The van der Waals surface area contributed by atoms with Crippen LogP contribution < -0.4 is 10.2 Å². The van der Waals surface area contributed by atoms with Crippen molar-refractivity contribution in [1.82, 2.24) is 19.8 Å². The Morgan fingerprint density at radius 2 is 1.71 bits per heavy atom. The maximum absolute atomic E-state index is 13.1. The van der Waals surface area contributed by atoms with Gasteiger partial charge in [0, 0.05) is 87.4 Å². The Balaban J connectivity index is 1.11. The van der Waals surface area contributed by atoms with Crippen LogP contribution >= 0.6 is 0 Å². The molecule has 2 aliphatic heterocycles. The number of nitrogens with one attached hydrogen (secondary N) is 1. The van der Waals surface area contributed by atoms with Crippen molar-refractivity contribution in [2.24, 2.45) is 0 Å². The predicted octanol–water partition coefficient (Wildman–Crippen LogP) is 5.96. The van der Waals surface area contributed by atoms with Crippen LogP contribution in [-0.4, -0.2) is 65.4 Å². The van der Waals surface area contributed by atoms with Crippen molar-refractivity contribution in [2.45, 2.75) is 39.0 Å². The largest absolute Gasteiger partial charge is 0.416 e. The van der Waals surface area contributed by atoms with Gasteiger partial charge in [0.15, 0.2) is 0 Å². The second-order valence-electron chi connectivity index (χ2n) is 12.0. The van der Waals surface area contributed by atoms with Gasteiger partial charge in [-0.3, -0.25) is 9.69 Å². The number of nitrogens with zero attached hydrogens (tertiary/aromatic N) is 5. The molecule has 2 aliphatic rings. The molecule has 6 rings (SSSR count). The average Bonchev–Trinajstić information content (AvgIpc) is 3.03. The van der Waals surface area contributed by atoms with Crippen LogP contribution in [0.25, 0.3) is 0 Å². The fraction of sp³-hybridized carbons (Fsp3) is 0.343. The Labute approximate surface area is 261 Å². The average molecular weight is 615 g/mol. The summed E-state index contributed by atoms with van der Waals surface area (Å²) in [4.78, 5) is 29.5. The van der Waals surface area contributed by atoms with Gasteiger partial charge in [-0.25, -0.2) is 9.97 Å². The number of rotatable bonds is 7. The molecule has 0 spiro atoms. The van der Waals surface area contributed by atoms with Crippen molar-refractivity contribution in [1.29, 1.82) is 0 Å². The molecule has 234 valence electrons. The lowest BCUT2D eigenvalue weighted by molar-refractivity contribution is -0.137. The number of likely N-dealkylation sites (N-methyl/N-ethyl adjacent to an activating group) is 1. The fourth-order valence-electron chi connectivity index (χ4n) is 6.00. The quantitative estimate of drug-likeness (QED) is 0.277. The summed E-state index contributed by atoms with van der Waals surface area (Å²) in [5.74, 6) is 0.222. The summed E-state index contributed by atoms with van der Waals surface area (Å²) >= 11 is 0. The van der Waals surface area contributed by atoms with E-state index in [-0.39, 0.29) is 5.56 Å². The van der Waals surface area contributed by atoms with Crippen LogP contribution in [0.3, 0.4) is 0 Å². The maximum Gasteiger partial charge on any atom is 0.416 e. The number of benzene rings is 3. The van der Waals surface area contributed by atoms with Gasteiger partial charge in [0.05, 0.1) is 11.3 Å². The van der Waals surface area contributed by atoms with Crippen molar-refractivity contribution in [2.75, 3.05) is 50.0 Å². The highest BCUT2D eigenvalue weighted by atomic mass is 19.4. The Kier molecular flexibility index (Phi) is 8.87. The molecule has 1 aromatic heterocycles. The van der Waals surface area contributed by atoms with Crippen molar-refractivity contribution in [3.63, 3.8) is 0 Å². The molecule has 10 heteroatoms. The lowest BCUT2D eigenvalue weighted by Gasteiger charge is -2.32. The highest BCUT2D eigenvalue weighted by Gasteiger charge is 2.31. The number of aryl methyl sites for hydroxylation is 1. The van der Waals surface area contributed by atoms with Crippen LogP contribution in [0.2, 0.25) is 0 Å². The summed E-state index contributed by atoms with van der Waals surface area (Å²) in [6.45, 7) is 8.71. The molecular weight excluding hydrogens is 577 g/mol. The molecule has 1 amide bonds. The van der Waals surface area contributed by atoms with Crippen LogP contribution in [0.1, 0.15) is 49.7 Å². The van der Waals surface area contributed by atoms with Gasteiger partial charge in [-0.05, 0) is 61.0 Å². The Hall–Kier alpha value is -4.28. The molecule has 0 radical (unpaired) electrons. The van der Waals surface area contributed by atoms with Crippen molar-refractivity contribution < 1.29 is 18.0 Å². The van der Waals surface area contributed by atoms with E-state index in [9.17, 15) is 18.0 Å². The monoisotopic (exact) mass is 614 g/mol. The minimum absolute atomic E-state index is 0.0476. The number of hydrogen-bond donors (Lipinski definition) is 1. The van der Waals surface area contributed by atoms with Gasteiger partial charge in [-0.15, -0.1) is 0 Å². The van der Waals surface area contributed by atoms with Crippen LogP contribution in [-0.2, 0) is 32.1 Å². The molecule has 4 aromatic rings. The number of amides is 1. The zero-order chi connectivity index (χ0) is 31.6. The van der Waals surface area contributed by atoms with E-state index in [2.05, 4.69) is 51.3 Å². The third-order valence-electron chi connectivity index (χ3n) is 8.60. The first-order valence-electron chi connectivity index (χ1n) is 15.3. The predicted molar refractivity (Wildman–Crippen MR) is 169 cm³/mol. The normalized spacial score (nSPS) is 16.0. The first-order valence-corrected chi connectivity index (χ1v) is 15.3. The molecule has 1 fully saturated rings. The summed E-state index contributed by atoms with van der Waals surface area (Å²) in [5.41, 5.74) is 6.23. The Morgan fingerprint density at radius 1 is 0.933 bits per heavy atom. The van der Waals surface area contributed by atoms with E-state index in [1.807, 2.05) is 25.3 Å². The Morgan fingerprint density at radius 3 is 2.51 bits per heavy atom. The van der Waals surface area contributed by atoms with E-state index in [1.165, 1.54) is 23.3 Å². The van der Waals surface area contributed by atoms with Crippen molar-refractivity contribution in [3.05, 3.63) is 118 Å². The third kappa shape index (κ3) is 7.51. The summed E-state index contributed by atoms with van der Waals surface area (Å²) in [6, 6.07) is 18.7. The number of aromatic nitrogens is 2. The first-order chi connectivity index (χ1) is 21.6. The van der Waals surface area contributed by atoms with Gasteiger partial charge >= 0.3 is 6.18 Å². The van der Waals surface area contributed by atoms with E-state index < -0.39 is 17.6 Å². The standard InChI is InChI=1S/C35H37F3N6O/c1-24-9-10-30(40-34(45)27-7-4-8-29(19-27)35(36,37)38)20-32(24)44-12-11-31-28(23-44)21-39-33(41-31)18-25-5-3-6-26(17-25)22-43-15-13-42(2)14-16-43/h3-10,17,19-21H,11-16,18,22-23H2,1-2H3,(H,40,45). The summed E-state index contributed by atoms with van der Waals surface area (Å²) in [5, 5.41) is 2.76. The van der Waals surface area contributed by atoms with E-state index in [0.717, 1.165) is 86.2 Å². The summed E-state index contributed by atoms with van der Waals surface area (Å²) in [6.07, 6.45) is -1.15. The minimum atomic E-state index is -4.52. The zero-order valence-corrected chi connectivity index (χ0v) is 25.6. The molecule has 3 heterocycles. The number of fused-ring (bicyclic) bond motifs is 1. The van der Waals surface area contributed by atoms with Crippen molar-refractivity contribution >= 4 is 17.3 Å². The number of alkyl halides is 3. The number of carbonyl (C=O) groups is 1. The van der Waals surface area contributed by atoms with Gasteiger partial charge < -0.3 is 15.1 Å². The second kappa shape index (κ2) is 13.0. The van der Waals surface area contributed by atoms with E-state index in [4.69, 9.17) is 9.97 Å². The molecule has 0 saturated carbocycles. The number of carbonyl (C=O) groups excluding carboxylic acids is 1. The van der Waals surface area contributed by atoms with E-state index >= 15 is 0 Å². The number of hydrogen-bond acceptors (Lipinski definition) is 6. The van der Waals surface area contributed by atoms with E-state index in [0.29, 0.717) is 18.7 Å². The number of halogens is 3.